The predicted molar refractivity (Wildman–Crippen MR) is 109 cm³/mol. The number of halogens is 1. The SMILES string of the molecule is CC1(C)CN(C(CNC(=O)C[C@@H]2CCC[C@H]2N)c2ccc(Cl)cc2)CCO1. The molecule has 2 aliphatic rings. The number of hydrogen-bond donors (Lipinski definition) is 2. The van der Waals surface area contributed by atoms with Crippen LogP contribution in [0.1, 0.15) is 51.1 Å². The van der Waals surface area contributed by atoms with Crippen LogP contribution < -0.4 is 11.1 Å². The Kier molecular flexibility index (Phi) is 6.79. The maximum Gasteiger partial charge on any atom is 0.220 e. The number of benzene rings is 1. The number of nitrogens with zero attached hydrogens (tertiary/aromatic N) is 1. The lowest BCUT2D eigenvalue weighted by Gasteiger charge is -2.42. The second-order valence-electron chi connectivity index (χ2n) is 8.51. The molecule has 0 bridgehead atoms. The summed E-state index contributed by atoms with van der Waals surface area (Å²) in [4.78, 5) is 14.9. The molecule has 5 nitrogen and oxygen atoms in total. The largest absolute Gasteiger partial charge is 0.373 e. The smallest absolute Gasteiger partial charge is 0.220 e. The van der Waals surface area contributed by atoms with Crippen molar-refractivity contribution < 1.29 is 9.53 Å². The van der Waals surface area contributed by atoms with E-state index in [4.69, 9.17) is 22.1 Å². The summed E-state index contributed by atoms with van der Waals surface area (Å²) in [5.74, 6) is 0.421. The second kappa shape index (κ2) is 8.91. The Hall–Kier alpha value is -1.14. The second-order valence-corrected chi connectivity index (χ2v) is 8.95. The van der Waals surface area contributed by atoms with Gasteiger partial charge in [0.15, 0.2) is 0 Å². The molecule has 1 unspecified atom stereocenters. The van der Waals surface area contributed by atoms with Crippen molar-refractivity contribution in [2.45, 2.75) is 57.2 Å². The topological polar surface area (TPSA) is 67.6 Å². The molecule has 1 aromatic rings. The van der Waals surface area contributed by atoms with Crippen LogP contribution in [0.15, 0.2) is 24.3 Å². The molecule has 6 heteroatoms. The number of nitrogens with one attached hydrogen (secondary N) is 1. The third-order valence-electron chi connectivity index (χ3n) is 5.81. The number of ether oxygens (including phenoxy) is 1. The summed E-state index contributed by atoms with van der Waals surface area (Å²) >= 11 is 6.07. The van der Waals surface area contributed by atoms with E-state index in [0.29, 0.717) is 25.5 Å². The van der Waals surface area contributed by atoms with Crippen LogP contribution in [0, 0.1) is 5.92 Å². The van der Waals surface area contributed by atoms with E-state index >= 15 is 0 Å². The molecule has 0 aromatic heterocycles. The van der Waals surface area contributed by atoms with E-state index in [9.17, 15) is 4.79 Å². The van der Waals surface area contributed by atoms with Crippen molar-refractivity contribution in [1.29, 1.82) is 0 Å². The minimum absolute atomic E-state index is 0.101. The van der Waals surface area contributed by atoms with Crippen LogP contribution in [0.25, 0.3) is 0 Å². The first-order valence-electron chi connectivity index (χ1n) is 10.00. The Balaban J connectivity index is 1.66. The number of nitrogens with two attached hydrogens (primary N) is 1. The molecule has 27 heavy (non-hydrogen) atoms. The van der Waals surface area contributed by atoms with Gasteiger partial charge in [0.1, 0.15) is 0 Å². The zero-order valence-corrected chi connectivity index (χ0v) is 17.2. The molecule has 1 aliphatic carbocycles. The Bertz CT molecular complexity index is 635. The van der Waals surface area contributed by atoms with Gasteiger partial charge in [-0.2, -0.15) is 0 Å². The first-order chi connectivity index (χ1) is 12.8. The standard InChI is InChI=1S/C21H32ClN3O2/c1-21(2)14-25(10-11-27-21)19(15-6-8-17(22)9-7-15)13-24-20(26)12-16-4-3-5-18(16)23/h6-9,16,18-19H,3-5,10-14,23H2,1-2H3,(H,24,26)/t16-,18+,19?/m0/s1. The molecule has 0 spiro atoms. The molecule has 1 aliphatic heterocycles. The first-order valence-corrected chi connectivity index (χ1v) is 10.4. The fraction of sp³-hybridized carbons (Fsp3) is 0.667. The van der Waals surface area contributed by atoms with Crippen LogP contribution in [-0.4, -0.2) is 48.7 Å². The van der Waals surface area contributed by atoms with Gasteiger partial charge in [-0.3, -0.25) is 9.69 Å². The van der Waals surface area contributed by atoms with Crippen LogP contribution in [0.2, 0.25) is 5.02 Å². The maximum absolute atomic E-state index is 12.5. The van der Waals surface area contributed by atoms with Crippen LogP contribution in [0.5, 0.6) is 0 Å². The van der Waals surface area contributed by atoms with E-state index in [1.165, 1.54) is 0 Å². The number of rotatable bonds is 6. The predicted octanol–water partition coefficient (Wildman–Crippen LogP) is 3.13. The lowest BCUT2D eigenvalue weighted by molar-refractivity contribution is -0.123. The molecule has 1 heterocycles. The van der Waals surface area contributed by atoms with Gasteiger partial charge in [-0.25, -0.2) is 0 Å². The van der Waals surface area contributed by atoms with E-state index < -0.39 is 0 Å². The Morgan fingerprint density at radius 1 is 1.37 bits per heavy atom. The van der Waals surface area contributed by atoms with E-state index in [-0.39, 0.29) is 23.6 Å². The number of morpholine rings is 1. The number of carbonyl (C=O) groups excluding carboxylic acids is 1. The van der Waals surface area contributed by atoms with Crippen molar-refractivity contribution >= 4 is 17.5 Å². The Labute approximate surface area is 167 Å². The average molecular weight is 394 g/mol. The quantitative estimate of drug-likeness (QED) is 0.779. The summed E-state index contributed by atoms with van der Waals surface area (Å²) < 4.78 is 5.86. The molecule has 1 saturated carbocycles. The lowest BCUT2D eigenvalue weighted by atomic mass is 9.99. The van der Waals surface area contributed by atoms with Gasteiger partial charge in [-0.15, -0.1) is 0 Å². The average Bonchev–Trinajstić information content (AvgIpc) is 3.00. The molecular weight excluding hydrogens is 362 g/mol. The molecule has 2 fully saturated rings. The minimum Gasteiger partial charge on any atom is -0.373 e. The van der Waals surface area contributed by atoms with Crippen molar-refractivity contribution in [1.82, 2.24) is 10.2 Å². The molecule has 150 valence electrons. The van der Waals surface area contributed by atoms with Crippen LogP contribution >= 0.6 is 11.6 Å². The summed E-state index contributed by atoms with van der Waals surface area (Å²) in [6.45, 7) is 7.17. The number of hydrogen-bond acceptors (Lipinski definition) is 4. The van der Waals surface area contributed by atoms with Gasteiger partial charge < -0.3 is 15.8 Å². The highest BCUT2D eigenvalue weighted by Crippen LogP contribution is 2.29. The number of amides is 1. The van der Waals surface area contributed by atoms with Gasteiger partial charge in [0.2, 0.25) is 5.91 Å². The molecular formula is C21H32ClN3O2. The maximum atomic E-state index is 12.5. The Morgan fingerprint density at radius 3 is 2.74 bits per heavy atom. The molecule has 3 atom stereocenters. The molecule has 1 aromatic carbocycles. The van der Waals surface area contributed by atoms with Gasteiger partial charge in [0, 0.05) is 37.1 Å². The van der Waals surface area contributed by atoms with E-state index in [2.05, 4.69) is 36.2 Å². The summed E-state index contributed by atoms with van der Waals surface area (Å²) in [5, 5.41) is 3.88. The molecule has 1 amide bonds. The summed E-state index contributed by atoms with van der Waals surface area (Å²) in [5.41, 5.74) is 7.09. The van der Waals surface area contributed by atoms with Gasteiger partial charge in [-0.05, 0) is 50.3 Å². The molecule has 3 rings (SSSR count). The first kappa shape index (κ1) is 20.6. The minimum atomic E-state index is -0.191. The van der Waals surface area contributed by atoms with Crippen molar-refractivity contribution in [3.63, 3.8) is 0 Å². The molecule has 0 radical (unpaired) electrons. The fourth-order valence-corrected chi connectivity index (χ4v) is 4.43. The summed E-state index contributed by atoms with van der Waals surface area (Å²) in [6, 6.07) is 8.20. The lowest BCUT2D eigenvalue weighted by Crippen LogP contribution is -2.51. The Morgan fingerprint density at radius 2 is 2.11 bits per heavy atom. The van der Waals surface area contributed by atoms with E-state index in [1.54, 1.807) is 0 Å². The highest BCUT2D eigenvalue weighted by atomic mass is 35.5. The highest BCUT2D eigenvalue weighted by molar-refractivity contribution is 6.30. The third-order valence-corrected chi connectivity index (χ3v) is 6.06. The van der Waals surface area contributed by atoms with Crippen molar-refractivity contribution in [2.24, 2.45) is 11.7 Å². The van der Waals surface area contributed by atoms with Crippen molar-refractivity contribution in [2.75, 3.05) is 26.2 Å². The zero-order valence-electron chi connectivity index (χ0n) is 16.4. The monoisotopic (exact) mass is 393 g/mol. The van der Waals surface area contributed by atoms with Crippen molar-refractivity contribution in [3.8, 4) is 0 Å². The third kappa shape index (κ3) is 5.67. The normalized spacial score (nSPS) is 26.7. The summed E-state index contributed by atoms with van der Waals surface area (Å²) in [7, 11) is 0. The zero-order chi connectivity index (χ0) is 19.4. The van der Waals surface area contributed by atoms with Gasteiger partial charge in [0.05, 0.1) is 18.2 Å². The van der Waals surface area contributed by atoms with Gasteiger partial charge >= 0.3 is 0 Å². The van der Waals surface area contributed by atoms with Crippen LogP contribution in [0.4, 0.5) is 0 Å². The van der Waals surface area contributed by atoms with Gasteiger partial charge in [-0.1, -0.05) is 30.2 Å². The van der Waals surface area contributed by atoms with Gasteiger partial charge in [0.25, 0.3) is 0 Å². The van der Waals surface area contributed by atoms with Crippen LogP contribution in [-0.2, 0) is 9.53 Å². The number of carbonyl (C=O) groups is 1. The van der Waals surface area contributed by atoms with E-state index in [0.717, 1.165) is 42.9 Å². The van der Waals surface area contributed by atoms with Crippen LogP contribution in [0.3, 0.4) is 0 Å². The fourth-order valence-electron chi connectivity index (χ4n) is 4.30. The van der Waals surface area contributed by atoms with E-state index in [1.807, 2.05) is 12.1 Å². The molecule has 1 saturated heterocycles. The molecule has 3 N–H and O–H groups in total. The van der Waals surface area contributed by atoms with Crippen molar-refractivity contribution in [3.05, 3.63) is 34.9 Å². The highest BCUT2D eigenvalue weighted by Gasteiger charge is 2.32. The summed E-state index contributed by atoms with van der Waals surface area (Å²) in [6.07, 6.45) is 3.76.